The van der Waals surface area contributed by atoms with Crippen molar-refractivity contribution in [2.45, 2.75) is 27.7 Å². The van der Waals surface area contributed by atoms with Gasteiger partial charge in [-0.25, -0.2) is 9.36 Å². The van der Waals surface area contributed by atoms with Crippen molar-refractivity contribution >= 4 is 34.0 Å². The first kappa shape index (κ1) is 34.2. The van der Waals surface area contributed by atoms with Crippen LogP contribution in [0.5, 0.6) is 0 Å². The van der Waals surface area contributed by atoms with E-state index < -0.39 is 0 Å². The molecule has 12 nitrogen and oxygen atoms in total. The predicted octanol–water partition coefficient (Wildman–Crippen LogP) is 5.90. The SMILES string of the molecule is CCN(CC)CC(=O)Nc1ccc(-n2cc(-c3ccc4ccc(-c5cn(-c6ccc(NC(=O)CN(CC)CC)cc6)nn5)cc4c3)nn2)cc1. The van der Waals surface area contributed by atoms with E-state index >= 15 is 0 Å². The van der Waals surface area contributed by atoms with Gasteiger partial charge in [0, 0.05) is 22.5 Å². The van der Waals surface area contributed by atoms with Crippen molar-refractivity contribution in [3.63, 3.8) is 0 Å². The smallest absolute Gasteiger partial charge is 0.238 e. The summed E-state index contributed by atoms with van der Waals surface area (Å²) < 4.78 is 3.45. The summed E-state index contributed by atoms with van der Waals surface area (Å²) in [5, 5.41) is 25.6. The van der Waals surface area contributed by atoms with Gasteiger partial charge in [-0.1, -0.05) is 62.4 Å². The standard InChI is InChI=1S/C38H42N10O2/c1-5-45(6-2)25-37(49)39-31-13-17-33(18-14-31)47-23-35(41-43-47)28-11-9-27-10-12-29(22-30(27)21-28)36-24-48(44-42-36)34-19-15-32(16-20-34)40-38(50)26-46(7-3)8-4/h9-24H,5-8,25-26H2,1-4H3,(H,39,49)(H,40,50). The van der Waals surface area contributed by atoms with E-state index in [0.717, 1.165) is 82.2 Å². The number of hydrogen-bond acceptors (Lipinski definition) is 8. The van der Waals surface area contributed by atoms with Crippen LogP contribution in [-0.2, 0) is 9.59 Å². The molecule has 6 rings (SSSR count). The molecule has 0 spiro atoms. The lowest BCUT2D eigenvalue weighted by molar-refractivity contribution is -0.118. The average Bonchev–Trinajstić information content (AvgIpc) is 3.85. The third kappa shape index (κ3) is 8.11. The number of nitrogens with one attached hydrogen (secondary N) is 2. The molecular formula is C38H42N10O2. The van der Waals surface area contributed by atoms with Crippen LogP contribution >= 0.6 is 0 Å². The monoisotopic (exact) mass is 670 g/mol. The van der Waals surface area contributed by atoms with Crippen LogP contribution in [0, 0.1) is 0 Å². The van der Waals surface area contributed by atoms with Gasteiger partial charge in [0.15, 0.2) is 0 Å². The van der Waals surface area contributed by atoms with Gasteiger partial charge in [-0.15, -0.1) is 10.2 Å². The lowest BCUT2D eigenvalue weighted by Crippen LogP contribution is -2.32. The van der Waals surface area contributed by atoms with Crippen LogP contribution in [0.25, 0.3) is 44.7 Å². The number of aromatic nitrogens is 6. The molecule has 0 aliphatic heterocycles. The molecule has 0 saturated heterocycles. The number of fused-ring (bicyclic) bond motifs is 1. The summed E-state index contributed by atoms with van der Waals surface area (Å²) in [5.74, 6) is -0.0685. The molecule has 12 heteroatoms. The van der Waals surface area contributed by atoms with E-state index in [1.54, 1.807) is 9.36 Å². The largest absolute Gasteiger partial charge is 0.325 e. The molecule has 0 radical (unpaired) electrons. The second-order valence-corrected chi connectivity index (χ2v) is 12.0. The van der Waals surface area contributed by atoms with Gasteiger partial charge in [0.2, 0.25) is 11.8 Å². The van der Waals surface area contributed by atoms with Gasteiger partial charge in [-0.05, 0) is 97.6 Å². The Balaban J connectivity index is 1.13. The van der Waals surface area contributed by atoms with Crippen LogP contribution in [0.3, 0.4) is 0 Å². The highest BCUT2D eigenvalue weighted by molar-refractivity contribution is 5.93. The van der Waals surface area contributed by atoms with E-state index in [1.807, 2.05) is 101 Å². The normalized spacial score (nSPS) is 11.4. The Kier molecular flexibility index (Phi) is 10.7. The van der Waals surface area contributed by atoms with E-state index in [9.17, 15) is 9.59 Å². The minimum Gasteiger partial charge on any atom is -0.325 e. The van der Waals surface area contributed by atoms with Crippen LogP contribution in [-0.4, -0.2) is 90.9 Å². The minimum atomic E-state index is -0.0343. The van der Waals surface area contributed by atoms with Crippen molar-refractivity contribution in [3.8, 4) is 33.9 Å². The highest BCUT2D eigenvalue weighted by atomic mass is 16.2. The second kappa shape index (κ2) is 15.7. The van der Waals surface area contributed by atoms with Crippen LogP contribution in [0.15, 0.2) is 97.3 Å². The van der Waals surface area contributed by atoms with Crippen molar-refractivity contribution in [2.24, 2.45) is 0 Å². The molecule has 4 aromatic carbocycles. The van der Waals surface area contributed by atoms with Gasteiger partial charge in [-0.3, -0.25) is 19.4 Å². The maximum absolute atomic E-state index is 12.4. The van der Waals surface area contributed by atoms with Crippen LogP contribution in [0.2, 0.25) is 0 Å². The molecule has 0 aliphatic carbocycles. The van der Waals surface area contributed by atoms with Gasteiger partial charge in [0.05, 0.1) is 36.9 Å². The van der Waals surface area contributed by atoms with Crippen molar-refractivity contribution in [2.75, 3.05) is 49.9 Å². The van der Waals surface area contributed by atoms with Gasteiger partial charge >= 0.3 is 0 Å². The van der Waals surface area contributed by atoms with E-state index in [1.165, 1.54) is 0 Å². The second-order valence-electron chi connectivity index (χ2n) is 12.0. The molecule has 256 valence electrons. The van der Waals surface area contributed by atoms with Gasteiger partial charge < -0.3 is 10.6 Å². The third-order valence-corrected chi connectivity index (χ3v) is 8.77. The zero-order valence-electron chi connectivity index (χ0n) is 28.9. The zero-order chi connectivity index (χ0) is 35.0. The zero-order valence-corrected chi connectivity index (χ0v) is 28.9. The number of rotatable bonds is 14. The fraction of sp³-hybridized carbons (Fsp3) is 0.263. The Morgan fingerprint density at radius 2 is 0.960 bits per heavy atom. The molecule has 6 aromatic rings. The van der Waals surface area contributed by atoms with E-state index in [0.29, 0.717) is 13.1 Å². The molecule has 2 aromatic heterocycles. The Hall–Kier alpha value is -5.72. The summed E-state index contributed by atoms with van der Waals surface area (Å²) in [7, 11) is 0. The molecule has 0 bridgehead atoms. The third-order valence-electron chi connectivity index (χ3n) is 8.77. The van der Waals surface area contributed by atoms with Gasteiger partial charge in [0.25, 0.3) is 0 Å². The first-order valence-corrected chi connectivity index (χ1v) is 17.0. The summed E-state index contributed by atoms with van der Waals surface area (Å²) in [5.41, 5.74) is 6.52. The Bertz CT molecular complexity index is 1920. The fourth-order valence-corrected chi connectivity index (χ4v) is 5.71. The molecule has 0 unspecified atom stereocenters. The molecule has 0 fully saturated rings. The number of carbonyl (C=O) groups excluding carboxylic acids is 2. The molecule has 0 atom stereocenters. The lowest BCUT2D eigenvalue weighted by atomic mass is 10.0. The maximum atomic E-state index is 12.4. The number of carbonyl (C=O) groups is 2. The summed E-state index contributed by atoms with van der Waals surface area (Å²) >= 11 is 0. The van der Waals surface area contributed by atoms with Crippen molar-refractivity contribution in [1.82, 2.24) is 39.8 Å². The number of likely N-dealkylation sites (N-methyl/N-ethyl adjacent to an activating group) is 2. The Labute approximate surface area is 291 Å². The summed E-state index contributed by atoms with van der Waals surface area (Å²) in [6.07, 6.45) is 3.79. The first-order valence-electron chi connectivity index (χ1n) is 17.0. The number of hydrogen-bond donors (Lipinski definition) is 2. The van der Waals surface area contributed by atoms with Crippen molar-refractivity contribution in [1.29, 1.82) is 0 Å². The summed E-state index contributed by atoms with van der Waals surface area (Å²) in [4.78, 5) is 28.9. The van der Waals surface area contributed by atoms with Crippen LogP contribution in [0.1, 0.15) is 27.7 Å². The molecular weight excluding hydrogens is 628 g/mol. The predicted molar refractivity (Wildman–Crippen MR) is 197 cm³/mol. The number of nitrogens with zero attached hydrogens (tertiary/aromatic N) is 8. The van der Waals surface area contributed by atoms with E-state index in [2.05, 4.69) is 65.3 Å². The quantitative estimate of drug-likeness (QED) is 0.147. The van der Waals surface area contributed by atoms with E-state index in [-0.39, 0.29) is 11.8 Å². The number of benzene rings is 4. The van der Waals surface area contributed by atoms with Crippen LogP contribution < -0.4 is 10.6 Å². The molecule has 2 heterocycles. The average molecular weight is 671 g/mol. The summed E-state index contributed by atoms with van der Waals surface area (Å²) in [6.45, 7) is 12.2. The van der Waals surface area contributed by atoms with E-state index in [4.69, 9.17) is 0 Å². The molecule has 0 saturated carbocycles. The Morgan fingerprint density at radius 3 is 1.34 bits per heavy atom. The lowest BCUT2D eigenvalue weighted by Gasteiger charge is -2.17. The number of amides is 2. The van der Waals surface area contributed by atoms with Crippen molar-refractivity contribution in [3.05, 3.63) is 97.3 Å². The topological polar surface area (TPSA) is 126 Å². The first-order chi connectivity index (χ1) is 24.3. The highest BCUT2D eigenvalue weighted by Gasteiger charge is 2.12. The molecule has 2 N–H and O–H groups in total. The van der Waals surface area contributed by atoms with Gasteiger partial charge in [0.1, 0.15) is 11.4 Å². The maximum Gasteiger partial charge on any atom is 0.238 e. The molecule has 50 heavy (non-hydrogen) atoms. The van der Waals surface area contributed by atoms with Crippen molar-refractivity contribution < 1.29 is 9.59 Å². The minimum absolute atomic E-state index is 0.0343. The number of anilines is 2. The van der Waals surface area contributed by atoms with Crippen LogP contribution in [0.4, 0.5) is 11.4 Å². The fourth-order valence-electron chi connectivity index (χ4n) is 5.71. The molecule has 0 aliphatic rings. The molecule has 2 amide bonds. The highest BCUT2D eigenvalue weighted by Crippen LogP contribution is 2.28. The summed E-state index contributed by atoms with van der Waals surface area (Å²) in [6, 6.07) is 27.5. The van der Waals surface area contributed by atoms with Gasteiger partial charge in [-0.2, -0.15) is 0 Å². The Morgan fingerprint density at radius 1 is 0.560 bits per heavy atom.